The number of rotatable bonds is 4. The highest BCUT2D eigenvalue weighted by molar-refractivity contribution is 5.76. The number of halogens is 2. The van der Waals surface area contributed by atoms with Crippen molar-refractivity contribution in [3.8, 4) is 0 Å². The molecule has 0 aliphatic carbocycles. The normalized spacial score (nSPS) is 17.2. The molecule has 0 N–H and O–H groups in total. The SMILES string of the molecule is CN1CCC(CN(C)c2c(F)cc(C=O)cc2F)CC1. The van der Waals surface area contributed by atoms with Gasteiger partial charge >= 0.3 is 0 Å². The van der Waals surface area contributed by atoms with Gasteiger partial charge in [-0.3, -0.25) is 4.79 Å². The molecular formula is C15H20F2N2O. The Hall–Kier alpha value is -1.49. The second-order valence-electron chi connectivity index (χ2n) is 5.58. The summed E-state index contributed by atoms with van der Waals surface area (Å²) in [5, 5.41) is 0. The number of benzene rings is 1. The first-order valence-electron chi connectivity index (χ1n) is 6.85. The summed E-state index contributed by atoms with van der Waals surface area (Å²) in [6.45, 7) is 2.67. The van der Waals surface area contributed by atoms with Crippen molar-refractivity contribution < 1.29 is 13.6 Å². The fourth-order valence-electron chi connectivity index (χ4n) is 2.74. The summed E-state index contributed by atoms with van der Waals surface area (Å²) in [6, 6.07) is 2.16. The molecule has 1 aliphatic heterocycles. The van der Waals surface area contributed by atoms with Crippen LogP contribution in [-0.2, 0) is 0 Å². The first kappa shape index (κ1) is 14.9. The molecule has 0 atom stereocenters. The van der Waals surface area contributed by atoms with Crippen LogP contribution in [0.25, 0.3) is 0 Å². The Labute approximate surface area is 118 Å². The number of piperidine rings is 1. The maximum absolute atomic E-state index is 13.9. The van der Waals surface area contributed by atoms with Gasteiger partial charge in [0.2, 0.25) is 0 Å². The van der Waals surface area contributed by atoms with Gasteiger partial charge in [0.25, 0.3) is 0 Å². The van der Waals surface area contributed by atoms with Crippen LogP contribution >= 0.6 is 0 Å². The third-order valence-electron chi connectivity index (χ3n) is 3.93. The Morgan fingerprint density at radius 1 is 1.30 bits per heavy atom. The summed E-state index contributed by atoms with van der Waals surface area (Å²) in [7, 11) is 3.78. The summed E-state index contributed by atoms with van der Waals surface area (Å²) in [5.74, 6) is -0.911. The van der Waals surface area contributed by atoms with E-state index in [0.717, 1.165) is 38.1 Å². The van der Waals surface area contributed by atoms with Gasteiger partial charge in [0.1, 0.15) is 23.6 Å². The lowest BCUT2D eigenvalue weighted by atomic mass is 9.96. The van der Waals surface area contributed by atoms with Gasteiger partial charge in [0.05, 0.1) is 0 Å². The second-order valence-corrected chi connectivity index (χ2v) is 5.58. The quantitative estimate of drug-likeness (QED) is 0.793. The first-order chi connectivity index (χ1) is 9.51. The molecule has 1 saturated heterocycles. The highest BCUT2D eigenvalue weighted by Crippen LogP contribution is 2.26. The van der Waals surface area contributed by atoms with E-state index in [1.807, 2.05) is 0 Å². The number of aldehydes is 1. The molecule has 0 aromatic heterocycles. The first-order valence-corrected chi connectivity index (χ1v) is 6.85. The largest absolute Gasteiger partial charge is 0.370 e. The summed E-state index contributed by atoms with van der Waals surface area (Å²) in [5.41, 5.74) is -0.0223. The predicted molar refractivity (Wildman–Crippen MR) is 75.2 cm³/mol. The van der Waals surface area contributed by atoms with E-state index < -0.39 is 11.6 Å². The molecule has 20 heavy (non-hydrogen) atoms. The van der Waals surface area contributed by atoms with Gasteiger partial charge in [-0.05, 0) is 51.0 Å². The minimum Gasteiger partial charge on any atom is -0.370 e. The fraction of sp³-hybridized carbons (Fsp3) is 0.533. The van der Waals surface area contributed by atoms with Crippen molar-refractivity contribution >= 4 is 12.0 Å². The van der Waals surface area contributed by atoms with Crippen molar-refractivity contribution in [2.24, 2.45) is 5.92 Å². The third kappa shape index (κ3) is 3.33. The molecule has 0 unspecified atom stereocenters. The molecule has 1 aliphatic rings. The molecule has 1 heterocycles. The third-order valence-corrected chi connectivity index (χ3v) is 3.93. The molecule has 0 bridgehead atoms. The second kappa shape index (κ2) is 6.31. The average molecular weight is 282 g/mol. The molecule has 2 rings (SSSR count). The maximum Gasteiger partial charge on any atom is 0.150 e. The van der Waals surface area contributed by atoms with Gasteiger partial charge in [-0.1, -0.05) is 0 Å². The van der Waals surface area contributed by atoms with Crippen molar-refractivity contribution in [3.63, 3.8) is 0 Å². The highest BCUT2D eigenvalue weighted by Gasteiger charge is 2.21. The maximum atomic E-state index is 13.9. The average Bonchev–Trinajstić information content (AvgIpc) is 2.40. The monoisotopic (exact) mass is 282 g/mol. The highest BCUT2D eigenvalue weighted by atomic mass is 19.1. The van der Waals surface area contributed by atoms with E-state index in [-0.39, 0.29) is 11.3 Å². The van der Waals surface area contributed by atoms with Crippen LogP contribution in [0.4, 0.5) is 14.5 Å². The van der Waals surface area contributed by atoms with Crippen LogP contribution in [0, 0.1) is 17.6 Å². The predicted octanol–water partition coefficient (Wildman–Crippen LogP) is 2.56. The number of hydrogen-bond donors (Lipinski definition) is 0. The van der Waals surface area contributed by atoms with E-state index in [1.165, 1.54) is 0 Å². The number of anilines is 1. The molecular weight excluding hydrogens is 262 g/mol. The molecule has 1 aromatic carbocycles. The molecule has 110 valence electrons. The van der Waals surface area contributed by atoms with Gasteiger partial charge in [-0.2, -0.15) is 0 Å². The van der Waals surface area contributed by atoms with E-state index in [0.29, 0.717) is 18.7 Å². The topological polar surface area (TPSA) is 23.6 Å². The van der Waals surface area contributed by atoms with Crippen LogP contribution < -0.4 is 4.90 Å². The lowest BCUT2D eigenvalue weighted by Gasteiger charge is -2.32. The van der Waals surface area contributed by atoms with E-state index in [1.54, 1.807) is 11.9 Å². The molecule has 0 amide bonds. The lowest BCUT2D eigenvalue weighted by Crippen LogP contribution is -2.36. The zero-order chi connectivity index (χ0) is 14.7. The number of likely N-dealkylation sites (tertiary alicyclic amines) is 1. The summed E-state index contributed by atoms with van der Waals surface area (Å²) >= 11 is 0. The standard InChI is InChI=1S/C15H20F2N2O/c1-18-5-3-11(4-6-18)9-19(2)15-13(16)7-12(10-20)8-14(15)17/h7-8,10-11H,3-6,9H2,1-2H3. The van der Waals surface area contributed by atoms with Crippen molar-refractivity contribution in [1.29, 1.82) is 0 Å². The fourth-order valence-corrected chi connectivity index (χ4v) is 2.74. The van der Waals surface area contributed by atoms with Crippen molar-refractivity contribution in [2.75, 3.05) is 38.6 Å². The van der Waals surface area contributed by atoms with Crippen molar-refractivity contribution in [2.45, 2.75) is 12.8 Å². The number of nitrogens with zero attached hydrogens (tertiary/aromatic N) is 2. The molecule has 3 nitrogen and oxygen atoms in total. The smallest absolute Gasteiger partial charge is 0.150 e. The Balaban J connectivity index is 2.09. The molecule has 0 saturated carbocycles. The Morgan fingerprint density at radius 3 is 2.35 bits per heavy atom. The molecule has 1 fully saturated rings. The van der Waals surface area contributed by atoms with E-state index >= 15 is 0 Å². The molecule has 1 aromatic rings. The molecule has 0 spiro atoms. The lowest BCUT2D eigenvalue weighted by molar-refractivity contribution is 0.112. The number of hydrogen-bond acceptors (Lipinski definition) is 3. The van der Waals surface area contributed by atoms with Gasteiger partial charge in [0, 0.05) is 19.2 Å². The number of carbonyl (C=O) groups excluding carboxylic acids is 1. The van der Waals surface area contributed by atoms with Crippen molar-refractivity contribution in [3.05, 3.63) is 29.3 Å². The minimum atomic E-state index is -0.678. The van der Waals surface area contributed by atoms with Crippen LogP contribution in [-0.4, -0.2) is 44.9 Å². The van der Waals surface area contributed by atoms with Crippen LogP contribution in [0.15, 0.2) is 12.1 Å². The van der Waals surface area contributed by atoms with Crippen LogP contribution in [0.2, 0.25) is 0 Å². The van der Waals surface area contributed by atoms with Crippen LogP contribution in [0.5, 0.6) is 0 Å². The zero-order valence-corrected chi connectivity index (χ0v) is 11.9. The zero-order valence-electron chi connectivity index (χ0n) is 11.9. The number of carbonyl (C=O) groups is 1. The van der Waals surface area contributed by atoms with Gasteiger partial charge < -0.3 is 9.80 Å². The summed E-state index contributed by atoms with van der Waals surface area (Å²) in [6.07, 6.45) is 2.53. The Bertz CT molecular complexity index is 462. The van der Waals surface area contributed by atoms with Gasteiger partial charge in [-0.15, -0.1) is 0 Å². The Kier molecular flexibility index (Phi) is 4.70. The van der Waals surface area contributed by atoms with Crippen molar-refractivity contribution in [1.82, 2.24) is 4.90 Å². The van der Waals surface area contributed by atoms with Gasteiger partial charge in [0.15, 0.2) is 0 Å². The van der Waals surface area contributed by atoms with E-state index in [2.05, 4.69) is 11.9 Å². The molecule has 0 radical (unpaired) electrons. The summed E-state index contributed by atoms with van der Waals surface area (Å²) < 4.78 is 27.8. The van der Waals surface area contributed by atoms with Gasteiger partial charge in [-0.25, -0.2) is 8.78 Å². The van der Waals surface area contributed by atoms with Crippen LogP contribution in [0.3, 0.4) is 0 Å². The van der Waals surface area contributed by atoms with E-state index in [9.17, 15) is 13.6 Å². The summed E-state index contributed by atoms with van der Waals surface area (Å²) in [4.78, 5) is 14.5. The van der Waals surface area contributed by atoms with E-state index in [4.69, 9.17) is 0 Å². The molecule has 5 heteroatoms. The van der Waals surface area contributed by atoms with Crippen LogP contribution in [0.1, 0.15) is 23.2 Å². The Morgan fingerprint density at radius 2 is 1.85 bits per heavy atom. The minimum absolute atomic E-state index is 0.0245.